The Kier molecular flexibility index (Phi) is 7.01. The standard InChI is InChI=1S/C20H23NO4/c1-3-15-5-7-16(8-6-15)13-21-19(22)14-25-20(23)17-9-11-18(12-10-17)24-4-2/h5-12H,3-4,13-14H2,1-2H3,(H,21,22). The molecule has 0 heterocycles. The topological polar surface area (TPSA) is 64.6 Å². The van der Waals surface area contributed by atoms with E-state index in [-0.39, 0.29) is 12.5 Å². The van der Waals surface area contributed by atoms with Crippen molar-refractivity contribution in [1.29, 1.82) is 0 Å². The summed E-state index contributed by atoms with van der Waals surface area (Å²) in [5.41, 5.74) is 2.63. The highest BCUT2D eigenvalue weighted by Crippen LogP contribution is 2.12. The second-order valence-electron chi connectivity index (χ2n) is 5.48. The van der Waals surface area contributed by atoms with Crippen molar-refractivity contribution in [3.63, 3.8) is 0 Å². The van der Waals surface area contributed by atoms with Gasteiger partial charge in [0.05, 0.1) is 12.2 Å². The zero-order valence-electron chi connectivity index (χ0n) is 14.6. The van der Waals surface area contributed by atoms with Crippen LogP contribution in [-0.4, -0.2) is 25.1 Å². The van der Waals surface area contributed by atoms with Crippen LogP contribution < -0.4 is 10.1 Å². The Bertz CT molecular complexity index is 693. The van der Waals surface area contributed by atoms with E-state index in [1.807, 2.05) is 31.2 Å². The molecule has 0 saturated heterocycles. The number of rotatable bonds is 8. The number of hydrogen-bond acceptors (Lipinski definition) is 4. The lowest BCUT2D eigenvalue weighted by Crippen LogP contribution is -2.28. The van der Waals surface area contributed by atoms with Crippen molar-refractivity contribution in [1.82, 2.24) is 5.32 Å². The van der Waals surface area contributed by atoms with Crippen LogP contribution in [0.3, 0.4) is 0 Å². The van der Waals surface area contributed by atoms with Gasteiger partial charge in [-0.05, 0) is 48.7 Å². The maximum atomic E-state index is 11.9. The summed E-state index contributed by atoms with van der Waals surface area (Å²) in [4.78, 5) is 23.7. The average molecular weight is 341 g/mol. The van der Waals surface area contributed by atoms with E-state index in [0.29, 0.717) is 24.5 Å². The number of hydrogen-bond donors (Lipinski definition) is 1. The highest BCUT2D eigenvalue weighted by Gasteiger charge is 2.10. The Labute approximate surface area is 148 Å². The summed E-state index contributed by atoms with van der Waals surface area (Å²) >= 11 is 0. The van der Waals surface area contributed by atoms with Crippen LogP contribution in [0, 0.1) is 0 Å². The smallest absolute Gasteiger partial charge is 0.338 e. The summed E-state index contributed by atoms with van der Waals surface area (Å²) in [6.45, 7) is 4.64. The fourth-order valence-corrected chi connectivity index (χ4v) is 2.21. The van der Waals surface area contributed by atoms with Gasteiger partial charge in [0, 0.05) is 6.54 Å². The minimum Gasteiger partial charge on any atom is -0.494 e. The van der Waals surface area contributed by atoms with Crippen LogP contribution in [0.4, 0.5) is 0 Å². The molecule has 0 aromatic heterocycles. The number of benzene rings is 2. The highest BCUT2D eigenvalue weighted by molar-refractivity contribution is 5.91. The van der Waals surface area contributed by atoms with Crippen LogP contribution in [0.2, 0.25) is 0 Å². The van der Waals surface area contributed by atoms with Crippen LogP contribution >= 0.6 is 0 Å². The molecule has 0 aliphatic carbocycles. The first-order chi connectivity index (χ1) is 12.1. The van der Waals surface area contributed by atoms with E-state index < -0.39 is 5.97 Å². The predicted octanol–water partition coefficient (Wildman–Crippen LogP) is 3.12. The third kappa shape index (κ3) is 5.95. The molecule has 0 atom stereocenters. The van der Waals surface area contributed by atoms with E-state index >= 15 is 0 Å². The molecular weight excluding hydrogens is 318 g/mol. The molecule has 132 valence electrons. The molecule has 1 amide bonds. The van der Waals surface area contributed by atoms with Gasteiger partial charge < -0.3 is 14.8 Å². The van der Waals surface area contributed by atoms with Gasteiger partial charge in [-0.15, -0.1) is 0 Å². The predicted molar refractivity (Wildman–Crippen MR) is 95.6 cm³/mol. The zero-order chi connectivity index (χ0) is 18.1. The van der Waals surface area contributed by atoms with Gasteiger partial charge in [0.15, 0.2) is 6.61 Å². The maximum absolute atomic E-state index is 11.9. The fourth-order valence-electron chi connectivity index (χ4n) is 2.21. The largest absolute Gasteiger partial charge is 0.494 e. The van der Waals surface area contributed by atoms with Gasteiger partial charge in [-0.2, -0.15) is 0 Å². The summed E-state index contributed by atoms with van der Waals surface area (Å²) in [7, 11) is 0. The summed E-state index contributed by atoms with van der Waals surface area (Å²) in [6.07, 6.45) is 0.980. The lowest BCUT2D eigenvalue weighted by atomic mass is 10.1. The number of ether oxygens (including phenoxy) is 2. The van der Waals surface area contributed by atoms with Gasteiger partial charge in [0.25, 0.3) is 5.91 Å². The van der Waals surface area contributed by atoms with Crippen LogP contribution in [0.1, 0.15) is 35.3 Å². The SMILES string of the molecule is CCOc1ccc(C(=O)OCC(=O)NCc2ccc(CC)cc2)cc1. The van der Waals surface area contributed by atoms with Crippen molar-refractivity contribution < 1.29 is 19.1 Å². The Morgan fingerprint density at radius 1 is 0.920 bits per heavy atom. The first-order valence-corrected chi connectivity index (χ1v) is 8.37. The fraction of sp³-hybridized carbons (Fsp3) is 0.300. The van der Waals surface area contributed by atoms with Crippen LogP contribution in [-0.2, 0) is 22.5 Å². The number of aryl methyl sites for hydroxylation is 1. The maximum Gasteiger partial charge on any atom is 0.338 e. The number of carbonyl (C=O) groups excluding carboxylic acids is 2. The van der Waals surface area contributed by atoms with Crippen molar-refractivity contribution in [3.05, 3.63) is 65.2 Å². The van der Waals surface area contributed by atoms with Gasteiger partial charge in [-0.1, -0.05) is 31.2 Å². The minimum absolute atomic E-state index is 0.306. The number of esters is 1. The van der Waals surface area contributed by atoms with Gasteiger partial charge in [0.2, 0.25) is 0 Å². The number of carbonyl (C=O) groups is 2. The van der Waals surface area contributed by atoms with Crippen LogP contribution in [0.5, 0.6) is 5.75 Å². The first kappa shape index (κ1) is 18.5. The van der Waals surface area contributed by atoms with Crippen molar-refractivity contribution >= 4 is 11.9 Å². The summed E-state index contributed by atoms with van der Waals surface area (Å²) in [5, 5.41) is 2.73. The van der Waals surface area contributed by atoms with Crippen molar-refractivity contribution in [2.24, 2.45) is 0 Å². The normalized spacial score (nSPS) is 10.2. The highest BCUT2D eigenvalue weighted by atomic mass is 16.5. The molecule has 0 spiro atoms. The quantitative estimate of drug-likeness (QED) is 0.749. The molecule has 0 bridgehead atoms. The van der Waals surface area contributed by atoms with Crippen molar-refractivity contribution in [2.75, 3.05) is 13.2 Å². The zero-order valence-corrected chi connectivity index (χ0v) is 14.6. The molecule has 0 fully saturated rings. The molecule has 1 N–H and O–H groups in total. The molecule has 2 rings (SSSR count). The lowest BCUT2D eigenvalue weighted by molar-refractivity contribution is -0.124. The Balaban J connectivity index is 1.75. The lowest BCUT2D eigenvalue weighted by Gasteiger charge is -2.08. The molecule has 5 nitrogen and oxygen atoms in total. The summed E-state index contributed by atoms with van der Waals surface area (Å²) < 4.78 is 10.3. The number of nitrogens with one attached hydrogen (secondary N) is 1. The average Bonchev–Trinajstić information content (AvgIpc) is 2.65. The van der Waals surface area contributed by atoms with E-state index in [4.69, 9.17) is 9.47 Å². The van der Waals surface area contributed by atoms with E-state index in [0.717, 1.165) is 12.0 Å². The molecule has 0 aliphatic rings. The van der Waals surface area contributed by atoms with E-state index in [2.05, 4.69) is 12.2 Å². The number of amides is 1. The van der Waals surface area contributed by atoms with Gasteiger partial charge in [0.1, 0.15) is 5.75 Å². The molecular formula is C20H23NO4. The molecule has 2 aromatic rings. The molecule has 2 aromatic carbocycles. The third-order valence-electron chi connectivity index (χ3n) is 3.66. The molecule has 0 aliphatic heterocycles. The van der Waals surface area contributed by atoms with E-state index in [1.54, 1.807) is 24.3 Å². The van der Waals surface area contributed by atoms with Gasteiger partial charge in [-0.25, -0.2) is 4.79 Å². The first-order valence-electron chi connectivity index (χ1n) is 8.37. The van der Waals surface area contributed by atoms with Crippen LogP contribution in [0.15, 0.2) is 48.5 Å². The molecule has 0 unspecified atom stereocenters. The van der Waals surface area contributed by atoms with E-state index in [1.165, 1.54) is 5.56 Å². The van der Waals surface area contributed by atoms with Crippen molar-refractivity contribution in [2.45, 2.75) is 26.8 Å². The van der Waals surface area contributed by atoms with E-state index in [9.17, 15) is 9.59 Å². The summed E-state index contributed by atoms with van der Waals surface area (Å²) in [5.74, 6) is -0.185. The van der Waals surface area contributed by atoms with Gasteiger partial charge >= 0.3 is 5.97 Å². The summed E-state index contributed by atoms with van der Waals surface area (Å²) in [6, 6.07) is 14.6. The van der Waals surface area contributed by atoms with Gasteiger partial charge in [-0.3, -0.25) is 4.79 Å². The second-order valence-corrected chi connectivity index (χ2v) is 5.48. The molecule has 0 radical (unpaired) electrons. The Morgan fingerprint density at radius 2 is 1.56 bits per heavy atom. The second kappa shape index (κ2) is 9.47. The molecule has 0 saturated carbocycles. The van der Waals surface area contributed by atoms with Crippen LogP contribution in [0.25, 0.3) is 0 Å². The Hall–Kier alpha value is -2.82. The third-order valence-corrected chi connectivity index (χ3v) is 3.66. The van der Waals surface area contributed by atoms with Crippen molar-refractivity contribution in [3.8, 4) is 5.75 Å². The monoisotopic (exact) mass is 341 g/mol. The molecule has 25 heavy (non-hydrogen) atoms. The molecule has 5 heteroatoms. The minimum atomic E-state index is -0.537. The Morgan fingerprint density at radius 3 is 2.16 bits per heavy atom.